The monoisotopic (exact) mass is 373 g/mol. The molecule has 1 saturated heterocycles. The molecule has 1 aliphatic heterocycles. The first-order valence-electron chi connectivity index (χ1n) is 8.90. The number of anilines is 1. The van der Waals surface area contributed by atoms with Gasteiger partial charge in [-0.25, -0.2) is 9.71 Å². The lowest BCUT2D eigenvalue weighted by atomic mass is 10.1. The topological polar surface area (TPSA) is 71.5 Å². The lowest BCUT2D eigenvalue weighted by Crippen LogP contribution is -2.49. The predicted octanol–water partition coefficient (Wildman–Crippen LogP) is 2.16. The molecule has 1 N–H and O–H groups in total. The van der Waals surface area contributed by atoms with Crippen LogP contribution in [0.3, 0.4) is 0 Å². The molecule has 0 radical (unpaired) electrons. The molecule has 2 heterocycles. The molecule has 140 valence electrons. The van der Waals surface area contributed by atoms with Gasteiger partial charge in [-0.15, -0.1) is 0 Å². The van der Waals surface area contributed by atoms with Gasteiger partial charge in [0, 0.05) is 61.8 Å². The molecule has 0 amide bonds. The summed E-state index contributed by atoms with van der Waals surface area (Å²) in [6.07, 6.45) is 1.91. The van der Waals surface area contributed by atoms with Gasteiger partial charge in [-0.1, -0.05) is 24.3 Å². The van der Waals surface area contributed by atoms with E-state index in [1.54, 1.807) is 0 Å². The second-order valence-corrected chi connectivity index (χ2v) is 7.53. The van der Waals surface area contributed by atoms with E-state index in [0.717, 1.165) is 48.7 Å². The van der Waals surface area contributed by atoms with Crippen molar-refractivity contribution in [3.63, 3.8) is 0 Å². The lowest BCUT2D eigenvalue weighted by Gasteiger charge is -2.37. The average molecular weight is 374 g/mol. The van der Waals surface area contributed by atoms with Crippen molar-refractivity contribution < 1.29 is 8.76 Å². The highest BCUT2D eigenvalue weighted by molar-refractivity contribution is 7.77. The maximum atomic E-state index is 10.5. The molecule has 2 aromatic rings. The number of hydrogen-bond donors (Lipinski definition) is 1. The van der Waals surface area contributed by atoms with E-state index < -0.39 is 11.3 Å². The minimum atomic E-state index is -2.24. The molecule has 0 saturated carbocycles. The van der Waals surface area contributed by atoms with Gasteiger partial charge in [-0.2, -0.15) is 0 Å². The van der Waals surface area contributed by atoms with Crippen LogP contribution in [0.5, 0.6) is 0 Å². The Labute approximate surface area is 157 Å². The molecule has 1 aromatic carbocycles. The largest absolute Gasteiger partial charge is 0.760 e. The summed E-state index contributed by atoms with van der Waals surface area (Å²) in [5, 5.41) is 0. The number of nitrogens with one attached hydrogen (secondary N) is 1. The van der Waals surface area contributed by atoms with E-state index >= 15 is 0 Å². The molecular formula is C19H25N4O2S-. The highest BCUT2D eigenvalue weighted by Gasteiger charge is 2.19. The van der Waals surface area contributed by atoms with E-state index in [2.05, 4.69) is 45.5 Å². The van der Waals surface area contributed by atoms with Crippen LogP contribution in [0.15, 0.2) is 42.6 Å². The van der Waals surface area contributed by atoms with Crippen LogP contribution in [-0.2, 0) is 17.8 Å². The van der Waals surface area contributed by atoms with Gasteiger partial charge in [0.1, 0.15) is 5.82 Å². The molecular weight excluding hydrogens is 348 g/mol. The molecule has 3 rings (SSSR count). The predicted molar refractivity (Wildman–Crippen MR) is 104 cm³/mol. The molecule has 1 atom stereocenters. The van der Waals surface area contributed by atoms with Gasteiger partial charge in [-0.3, -0.25) is 9.11 Å². The van der Waals surface area contributed by atoms with Gasteiger partial charge in [0.2, 0.25) is 0 Å². The van der Waals surface area contributed by atoms with Crippen LogP contribution in [0.2, 0.25) is 0 Å². The summed E-state index contributed by atoms with van der Waals surface area (Å²) in [7, 11) is 0. The Morgan fingerprint density at radius 3 is 2.27 bits per heavy atom. The molecule has 1 fully saturated rings. The van der Waals surface area contributed by atoms with E-state index in [4.69, 9.17) is 0 Å². The molecule has 7 heteroatoms. The van der Waals surface area contributed by atoms with Crippen molar-refractivity contribution >= 4 is 17.1 Å². The van der Waals surface area contributed by atoms with Crippen molar-refractivity contribution in [1.82, 2.24) is 14.6 Å². The molecule has 1 unspecified atom stereocenters. The molecule has 0 bridgehead atoms. The Bertz CT molecular complexity index is 726. The van der Waals surface area contributed by atoms with Gasteiger partial charge in [0.15, 0.2) is 0 Å². The minimum Gasteiger partial charge on any atom is -0.760 e. The summed E-state index contributed by atoms with van der Waals surface area (Å²) in [6.45, 7) is 8.94. The second-order valence-electron chi connectivity index (χ2n) is 6.77. The third-order valence-corrected chi connectivity index (χ3v) is 5.18. The Morgan fingerprint density at radius 1 is 1.08 bits per heavy atom. The van der Waals surface area contributed by atoms with Crippen LogP contribution in [-0.4, -0.2) is 50.9 Å². The first-order chi connectivity index (χ1) is 12.5. The van der Waals surface area contributed by atoms with E-state index in [9.17, 15) is 8.76 Å². The highest BCUT2D eigenvalue weighted by atomic mass is 32.2. The van der Waals surface area contributed by atoms with E-state index in [1.807, 2.05) is 30.5 Å². The van der Waals surface area contributed by atoms with Crippen LogP contribution >= 0.6 is 0 Å². The van der Waals surface area contributed by atoms with Crippen LogP contribution in [0.1, 0.15) is 19.4 Å². The van der Waals surface area contributed by atoms with Crippen molar-refractivity contribution in [2.24, 2.45) is 0 Å². The maximum absolute atomic E-state index is 10.5. The van der Waals surface area contributed by atoms with Crippen LogP contribution < -0.4 is 9.62 Å². The molecule has 26 heavy (non-hydrogen) atoms. The van der Waals surface area contributed by atoms with Crippen molar-refractivity contribution in [3.05, 3.63) is 48.2 Å². The number of nitrogens with zero attached hydrogens (tertiary/aromatic N) is 3. The second kappa shape index (κ2) is 8.73. The van der Waals surface area contributed by atoms with Crippen LogP contribution in [0.4, 0.5) is 5.82 Å². The number of piperazine rings is 1. The van der Waals surface area contributed by atoms with Crippen molar-refractivity contribution in [2.45, 2.75) is 26.4 Å². The van der Waals surface area contributed by atoms with Crippen molar-refractivity contribution in [2.75, 3.05) is 31.1 Å². The van der Waals surface area contributed by atoms with Gasteiger partial charge < -0.3 is 9.45 Å². The number of aromatic nitrogens is 1. The lowest BCUT2D eigenvalue weighted by molar-refractivity contribution is 0.209. The summed E-state index contributed by atoms with van der Waals surface area (Å²) in [6, 6.07) is 12.6. The zero-order valence-electron chi connectivity index (χ0n) is 15.2. The number of pyridine rings is 1. The van der Waals surface area contributed by atoms with Gasteiger partial charge >= 0.3 is 0 Å². The summed E-state index contributed by atoms with van der Waals surface area (Å²) >= 11 is -2.24. The normalized spacial score (nSPS) is 16.8. The van der Waals surface area contributed by atoms with Gasteiger partial charge in [-0.05, 0) is 37.1 Å². The minimum absolute atomic E-state index is 0.302. The van der Waals surface area contributed by atoms with Crippen molar-refractivity contribution in [3.8, 4) is 11.1 Å². The van der Waals surface area contributed by atoms with Gasteiger partial charge in [0.05, 0.1) is 0 Å². The molecule has 6 nitrogen and oxygen atoms in total. The zero-order valence-corrected chi connectivity index (χ0v) is 16.0. The third-order valence-electron chi connectivity index (χ3n) is 4.80. The van der Waals surface area contributed by atoms with E-state index in [1.165, 1.54) is 0 Å². The van der Waals surface area contributed by atoms with Gasteiger partial charge in [0.25, 0.3) is 0 Å². The average Bonchev–Trinajstić information content (AvgIpc) is 2.67. The first kappa shape index (κ1) is 19.0. The fourth-order valence-electron chi connectivity index (χ4n) is 3.17. The smallest absolute Gasteiger partial charge is 0.128 e. The quantitative estimate of drug-likeness (QED) is 0.786. The highest BCUT2D eigenvalue weighted by Crippen LogP contribution is 2.22. The van der Waals surface area contributed by atoms with E-state index in [0.29, 0.717) is 12.6 Å². The SMILES string of the molecule is CC(C)N1CCN(c2ccc(-c3ccc(CNS(=O)[O-])cc3)cn2)CC1. The fraction of sp³-hybridized carbons (Fsp3) is 0.421. The Kier molecular flexibility index (Phi) is 6.37. The molecule has 0 spiro atoms. The maximum Gasteiger partial charge on any atom is 0.128 e. The van der Waals surface area contributed by atoms with E-state index in [-0.39, 0.29) is 0 Å². The Hall–Kier alpha value is -1.80. The standard InChI is InChI=1S/C19H26N4O2S/c1-15(2)22-9-11-23(12-10-22)19-8-7-18(14-20-19)17-5-3-16(4-6-17)13-21-26(24)25/h3-8,14-15,21H,9-13H2,1-2H3,(H,24,25)/p-1. The molecule has 1 aromatic heterocycles. The third kappa shape index (κ3) is 4.88. The summed E-state index contributed by atoms with van der Waals surface area (Å²) in [4.78, 5) is 9.47. The first-order valence-corrected chi connectivity index (χ1v) is 9.97. The van der Waals surface area contributed by atoms with Crippen LogP contribution in [0.25, 0.3) is 11.1 Å². The Morgan fingerprint density at radius 2 is 1.73 bits per heavy atom. The molecule has 0 aliphatic carbocycles. The number of benzene rings is 1. The Balaban J connectivity index is 1.62. The van der Waals surface area contributed by atoms with Crippen molar-refractivity contribution in [1.29, 1.82) is 0 Å². The zero-order chi connectivity index (χ0) is 18.5. The fourth-order valence-corrected chi connectivity index (χ4v) is 3.45. The van der Waals surface area contributed by atoms with Crippen LogP contribution in [0, 0.1) is 0 Å². The summed E-state index contributed by atoms with van der Waals surface area (Å²) < 4.78 is 23.5. The number of hydrogen-bond acceptors (Lipinski definition) is 5. The number of rotatable bonds is 6. The summed E-state index contributed by atoms with van der Waals surface area (Å²) in [5.74, 6) is 1.02. The summed E-state index contributed by atoms with van der Waals surface area (Å²) in [5.41, 5.74) is 3.05. The molecule has 1 aliphatic rings.